The summed E-state index contributed by atoms with van der Waals surface area (Å²) in [6, 6.07) is 7.57. The van der Waals surface area contributed by atoms with Crippen LogP contribution in [0.25, 0.3) is 0 Å². The standard InChI is InChI=1S/C10H10N4OS2/c1-16-7-5-3-2-4-6(7)12-8(15)9-13-14-10(11)17-9/h2-5H,1H3,(H2,11,14)(H,12,15). The van der Waals surface area contributed by atoms with Gasteiger partial charge in [0.05, 0.1) is 5.69 Å². The summed E-state index contributed by atoms with van der Waals surface area (Å²) in [4.78, 5) is 12.8. The molecule has 0 aliphatic rings. The molecule has 7 heteroatoms. The molecule has 0 radical (unpaired) electrons. The minimum absolute atomic E-state index is 0.262. The number of nitrogens with one attached hydrogen (secondary N) is 1. The van der Waals surface area contributed by atoms with Gasteiger partial charge in [-0.15, -0.1) is 22.0 Å². The van der Waals surface area contributed by atoms with E-state index in [1.54, 1.807) is 11.8 Å². The number of nitrogens with two attached hydrogens (primary N) is 1. The van der Waals surface area contributed by atoms with Gasteiger partial charge >= 0.3 is 0 Å². The largest absolute Gasteiger partial charge is 0.374 e. The minimum Gasteiger partial charge on any atom is -0.374 e. The Kier molecular flexibility index (Phi) is 3.60. The van der Waals surface area contributed by atoms with Gasteiger partial charge in [0.15, 0.2) is 0 Å². The van der Waals surface area contributed by atoms with Crippen LogP contribution in [0.15, 0.2) is 29.2 Å². The van der Waals surface area contributed by atoms with Crippen molar-refractivity contribution in [1.29, 1.82) is 0 Å². The molecule has 0 bridgehead atoms. The summed E-state index contributed by atoms with van der Waals surface area (Å²) in [5, 5.41) is 10.6. The molecular weight excluding hydrogens is 256 g/mol. The number of hydrogen-bond acceptors (Lipinski definition) is 6. The molecule has 0 atom stereocenters. The van der Waals surface area contributed by atoms with E-state index in [0.717, 1.165) is 21.9 Å². The number of nitrogen functional groups attached to an aromatic ring is 1. The molecule has 88 valence electrons. The Morgan fingerprint density at radius 1 is 1.41 bits per heavy atom. The molecule has 0 saturated carbocycles. The first-order chi connectivity index (χ1) is 8.20. The van der Waals surface area contributed by atoms with Crippen LogP contribution in [-0.4, -0.2) is 22.4 Å². The van der Waals surface area contributed by atoms with Crippen molar-refractivity contribution in [3.63, 3.8) is 0 Å². The molecule has 1 heterocycles. The van der Waals surface area contributed by atoms with Gasteiger partial charge in [-0.05, 0) is 18.4 Å². The number of para-hydroxylation sites is 1. The van der Waals surface area contributed by atoms with E-state index in [0.29, 0.717) is 0 Å². The number of nitrogens with zero attached hydrogens (tertiary/aromatic N) is 2. The molecule has 2 aromatic rings. The zero-order valence-corrected chi connectivity index (χ0v) is 10.6. The highest BCUT2D eigenvalue weighted by molar-refractivity contribution is 7.98. The fourth-order valence-electron chi connectivity index (χ4n) is 1.25. The normalized spacial score (nSPS) is 10.2. The fourth-order valence-corrected chi connectivity index (χ4v) is 2.31. The highest BCUT2D eigenvalue weighted by atomic mass is 32.2. The molecule has 0 fully saturated rings. The Morgan fingerprint density at radius 3 is 2.82 bits per heavy atom. The number of benzene rings is 1. The van der Waals surface area contributed by atoms with Crippen LogP contribution >= 0.6 is 23.1 Å². The van der Waals surface area contributed by atoms with E-state index < -0.39 is 0 Å². The number of rotatable bonds is 3. The number of thioether (sulfide) groups is 1. The lowest BCUT2D eigenvalue weighted by atomic mass is 10.3. The van der Waals surface area contributed by atoms with Gasteiger partial charge in [-0.2, -0.15) is 0 Å². The van der Waals surface area contributed by atoms with Crippen molar-refractivity contribution in [3.05, 3.63) is 29.3 Å². The Balaban J connectivity index is 2.18. The summed E-state index contributed by atoms with van der Waals surface area (Å²) in [6.45, 7) is 0. The first kappa shape index (κ1) is 11.9. The molecule has 17 heavy (non-hydrogen) atoms. The fraction of sp³-hybridized carbons (Fsp3) is 0.100. The molecule has 2 rings (SSSR count). The zero-order valence-electron chi connectivity index (χ0n) is 9.01. The number of hydrogen-bond donors (Lipinski definition) is 2. The summed E-state index contributed by atoms with van der Waals surface area (Å²) in [6.07, 6.45) is 1.95. The monoisotopic (exact) mass is 266 g/mol. The van der Waals surface area contributed by atoms with Crippen molar-refractivity contribution >= 4 is 39.8 Å². The van der Waals surface area contributed by atoms with Crippen LogP contribution in [0.1, 0.15) is 9.80 Å². The van der Waals surface area contributed by atoms with Gasteiger partial charge < -0.3 is 11.1 Å². The van der Waals surface area contributed by atoms with Crippen molar-refractivity contribution < 1.29 is 4.79 Å². The van der Waals surface area contributed by atoms with E-state index in [4.69, 9.17) is 5.73 Å². The van der Waals surface area contributed by atoms with Gasteiger partial charge in [0.25, 0.3) is 5.91 Å². The van der Waals surface area contributed by atoms with Crippen LogP contribution in [0.5, 0.6) is 0 Å². The summed E-state index contributed by atoms with van der Waals surface area (Å²) in [5.41, 5.74) is 6.19. The molecule has 3 N–H and O–H groups in total. The Hall–Kier alpha value is -1.60. The summed E-state index contributed by atoms with van der Waals surface area (Å²) >= 11 is 2.63. The highest BCUT2D eigenvalue weighted by Gasteiger charge is 2.13. The minimum atomic E-state index is -0.291. The van der Waals surface area contributed by atoms with Crippen molar-refractivity contribution in [2.24, 2.45) is 0 Å². The lowest BCUT2D eigenvalue weighted by Gasteiger charge is -2.06. The maximum Gasteiger partial charge on any atom is 0.286 e. The van der Waals surface area contributed by atoms with Crippen LogP contribution in [-0.2, 0) is 0 Å². The maximum atomic E-state index is 11.8. The SMILES string of the molecule is CSc1ccccc1NC(=O)c1nnc(N)s1. The number of carbonyl (C=O) groups excluding carboxylic acids is 1. The Bertz CT molecular complexity index is 541. The number of anilines is 2. The molecule has 1 aromatic heterocycles. The molecule has 0 aliphatic heterocycles. The lowest BCUT2D eigenvalue weighted by Crippen LogP contribution is -2.12. The van der Waals surface area contributed by atoms with Gasteiger partial charge in [0.2, 0.25) is 10.1 Å². The van der Waals surface area contributed by atoms with E-state index in [-0.39, 0.29) is 16.0 Å². The first-order valence-corrected chi connectivity index (χ1v) is 6.78. The van der Waals surface area contributed by atoms with Gasteiger partial charge in [0, 0.05) is 4.90 Å². The average Bonchev–Trinajstić information content (AvgIpc) is 2.77. The van der Waals surface area contributed by atoms with Gasteiger partial charge in [-0.1, -0.05) is 23.5 Å². The van der Waals surface area contributed by atoms with Crippen LogP contribution in [0.3, 0.4) is 0 Å². The van der Waals surface area contributed by atoms with Crippen LogP contribution in [0, 0.1) is 0 Å². The molecular formula is C10H10N4OS2. The molecule has 5 nitrogen and oxygen atoms in total. The number of carbonyl (C=O) groups is 1. The molecule has 0 unspecified atom stereocenters. The molecule has 1 amide bonds. The number of amides is 1. The maximum absolute atomic E-state index is 11.8. The number of aromatic nitrogens is 2. The molecule has 0 aliphatic carbocycles. The summed E-state index contributed by atoms with van der Waals surface area (Å²) < 4.78 is 0. The van der Waals surface area contributed by atoms with Crippen molar-refractivity contribution in [2.75, 3.05) is 17.3 Å². The van der Waals surface area contributed by atoms with E-state index in [1.165, 1.54) is 0 Å². The van der Waals surface area contributed by atoms with Crippen LogP contribution in [0.4, 0.5) is 10.8 Å². The van der Waals surface area contributed by atoms with Crippen molar-refractivity contribution in [1.82, 2.24) is 10.2 Å². The third-order valence-corrected chi connectivity index (χ3v) is 3.54. The van der Waals surface area contributed by atoms with E-state index >= 15 is 0 Å². The van der Waals surface area contributed by atoms with Gasteiger partial charge in [-0.3, -0.25) is 4.79 Å². The van der Waals surface area contributed by atoms with Crippen LogP contribution < -0.4 is 11.1 Å². The highest BCUT2D eigenvalue weighted by Crippen LogP contribution is 2.25. The summed E-state index contributed by atoms with van der Waals surface area (Å²) in [7, 11) is 0. The Morgan fingerprint density at radius 2 is 2.18 bits per heavy atom. The van der Waals surface area contributed by atoms with Crippen LogP contribution in [0.2, 0.25) is 0 Å². The van der Waals surface area contributed by atoms with E-state index in [9.17, 15) is 4.79 Å². The smallest absolute Gasteiger partial charge is 0.286 e. The first-order valence-electron chi connectivity index (χ1n) is 4.74. The third kappa shape index (κ3) is 2.75. The molecule has 0 saturated heterocycles. The van der Waals surface area contributed by atoms with E-state index in [1.807, 2.05) is 30.5 Å². The Labute approximate surface area is 106 Å². The van der Waals surface area contributed by atoms with E-state index in [2.05, 4.69) is 15.5 Å². The third-order valence-electron chi connectivity index (χ3n) is 1.99. The second-order valence-corrected chi connectivity index (χ2v) is 4.96. The molecule has 1 aromatic carbocycles. The summed E-state index contributed by atoms with van der Waals surface area (Å²) in [5.74, 6) is -0.291. The second-order valence-electron chi connectivity index (χ2n) is 3.10. The topological polar surface area (TPSA) is 80.9 Å². The second kappa shape index (κ2) is 5.15. The zero-order chi connectivity index (χ0) is 12.3. The van der Waals surface area contributed by atoms with Crippen molar-refractivity contribution in [2.45, 2.75) is 4.90 Å². The van der Waals surface area contributed by atoms with Gasteiger partial charge in [0.1, 0.15) is 0 Å². The molecule has 0 spiro atoms. The quantitative estimate of drug-likeness (QED) is 0.831. The predicted octanol–water partition coefficient (Wildman–Crippen LogP) is 2.09. The average molecular weight is 266 g/mol. The van der Waals surface area contributed by atoms with Gasteiger partial charge in [-0.25, -0.2) is 0 Å². The predicted molar refractivity (Wildman–Crippen MR) is 70.5 cm³/mol. The lowest BCUT2D eigenvalue weighted by molar-refractivity contribution is 0.102. The van der Waals surface area contributed by atoms with Crippen molar-refractivity contribution in [3.8, 4) is 0 Å².